The molecule has 0 spiro atoms. The number of nitrogens with zero attached hydrogens (tertiary/aromatic N) is 4. The number of carbonyl (C=O) groups excluding carboxylic acids is 1. The number of nitrogens with one attached hydrogen (secondary N) is 1. The summed E-state index contributed by atoms with van der Waals surface area (Å²) in [5, 5.41) is 12.6. The van der Waals surface area contributed by atoms with Gasteiger partial charge in [-0.15, -0.1) is 0 Å². The molecule has 6 nitrogen and oxygen atoms in total. The van der Waals surface area contributed by atoms with Gasteiger partial charge in [-0.1, -0.05) is 37.3 Å². The van der Waals surface area contributed by atoms with Crippen LogP contribution < -0.4 is 5.32 Å². The van der Waals surface area contributed by atoms with Gasteiger partial charge in [0.25, 0.3) is 5.91 Å². The molecular formula is C17H24ClN5O. The minimum absolute atomic E-state index is 0.0907. The first-order valence-electron chi connectivity index (χ1n) is 8.58. The van der Waals surface area contributed by atoms with Gasteiger partial charge in [-0.25, -0.2) is 4.68 Å². The maximum Gasteiger partial charge on any atom is 0.271 e. The highest BCUT2D eigenvalue weighted by Gasteiger charge is 2.17. The first kappa shape index (κ1) is 17.0. The molecule has 1 saturated carbocycles. The smallest absolute Gasteiger partial charge is 0.271 e. The molecule has 0 radical (unpaired) electrons. The monoisotopic (exact) mass is 349 g/mol. The van der Waals surface area contributed by atoms with Crippen molar-refractivity contribution < 1.29 is 4.79 Å². The molecule has 0 saturated heterocycles. The normalized spacial score (nSPS) is 16.1. The van der Waals surface area contributed by atoms with E-state index in [2.05, 4.69) is 15.5 Å². The predicted octanol–water partition coefficient (Wildman–Crippen LogP) is 3.31. The number of aromatic nitrogens is 4. The first-order chi connectivity index (χ1) is 11.5. The number of amides is 1. The average molecular weight is 350 g/mol. The van der Waals surface area contributed by atoms with Crippen molar-refractivity contribution in [2.24, 2.45) is 0 Å². The third-order valence-electron chi connectivity index (χ3n) is 4.64. The molecule has 0 atom stereocenters. The Morgan fingerprint density at radius 1 is 1.25 bits per heavy atom. The van der Waals surface area contributed by atoms with Crippen molar-refractivity contribution in [3.05, 3.63) is 34.4 Å². The molecule has 2 aromatic heterocycles. The van der Waals surface area contributed by atoms with E-state index in [1.807, 2.05) is 13.8 Å². The van der Waals surface area contributed by atoms with Gasteiger partial charge in [-0.05, 0) is 32.8 Å². The van der Waals surface area contributed by atoms with Crippen molar-refractivity contribution >= 4 is 17.5 Å². The lowest BCUT2D eigenvalue weighted by atomic mass is 10.1. The molecular weight excluding hydrogens is 326 g/mol. The van der Waals surface area contributed by atoms with Gasteiger partial charge >= 0.3 is 0 Å². The fourth-order valence-electron chi connectivity index (χ4n) is 3.19. The Morgan fingerprint density at radius 3 is 2.58 bits per heavy atom. The van der Waals surface area contributed by atoms with Crippen LogP contribution >= 0.6 is 11.6 Å². The first-order valence-corrected chi connectivity index (χ1v) is 8.96. The summed E-state index contributed by atoms with van der Waals surface area (Å²) < 4.78 is 3.50. The van der Waals surface area contributed by atoms with Crippen molar-refractivity contribution in [2.75, 3.05) is 0 Å². The van der Waals surface area contributed by atoms with Gasteiger partial charge < -0.3 is 5.32 Å². The quantitative estimate of drug-likeness (QED) is 0.861. The van der Waals surface area contributed by atoms with Crippen LogP contribution in [0.2, 0.25) is 5.02 Å². The van der Waals surface area contributed by atoms with Gasteiger partial charge in [0, 0.05) is 12.2 Å². The van der Waals surface area contributed by atoms with E-state index in [4.69, 9.17) is 11.6 Å². The summed E-state index contributed by atoms with van der Waals surface area (Å²) in [5.74, 6) is -0.0907. The summed E-state index contributed by atoms with van der Waals surface area (Å²) >= 11 is 6.16. The number of carbonyl (C=O) groups is 1. The van der Waals surface area contributed by atoms with Crippen LogP contribution in [0.5, 0.6) is 0 Å². The van der Waals surface area contributed by atoms with Gasteiger partial charge in [-0.2, -0.15) is 10.2 Å². The number of halogens is 1. The van der Waals surface area contributed by atoms with E-state index >= 15 is 0 Å². The third-order valence-corrected chi connectivity index (χ3v) is 5.18. The van der Waals surface area contributed by atoms with Crippen molar-refractivity contribution in [1.29, 1.82) is 0 Å². The molecule has 1 N–H and O–H groups in total. The fourth-order valence-corrected chi connectivity index (χ4v) is 3.33. The molecule has 2 heterocycles. The van der Waals surface area contributed by atoms with E-state index in [1.165, 1.54) is 25.7 Å². The Hall–Kier alpha value is -1.82. The van der Waals surface area contributed by atoms with Crippen LogP contribution in [0.25, 0.3) is 0 Å². The summed E-state index contributed by atoms with van der Waals surface area (Å²) in [4.78, 5) is 12.4. The molecule has 0 aromatic carbocycles. The molecule has 0 unspecified atom stereocenters. The highest BCUT2D eigenvalue weighted by Crippen LogP contribution is 2.19. The van der Waals surface area contributed by atoms with E-state index in [1.54, 1.807) is 21.6 Å². The molecule has 7 heteroatoms. The molecule has 24 heavy (non-hydrogen) atoms. The minimum Gasteiger partial charge on any atom is -0.348 e. The van der Waals surface area contributed by atoms with Gasteiger partial charge in [0.05, 0.1) is 16.4 Å². The van der Waals surface area contributed by atoms with Crippen LogP contribution in [0.1, 0.15) is 60.4 Å². The van der Waals surface area contributed by atoms with Gasteiger partial charge in [0.2, 0.25) is 0 Å². The van der Waals surface area contributed by atoms with Crippen LogP contribution in [0, 0.1) is 13.8 Å². The average Bonchev–Trinajstić information content (AvgIpc) is 3.00. The lowest BCUT2D eigenvalue weighted by Crippen LogP contribution is -2.34. The number of aryl methyl sites for hydroxylation is 1. The summed E-state index contributed by atoms with van der Waals surface area (Å²) in [7, 11) is 0. The fraction of sp³-hybridized carbons (Fsp3) is 0.588. The van der Waals surface area contributed by atoms with Crippen LogP contribution in [0.3, 0.4) is 0 Å². The number of hydrogen-bond donors (Lipinski definition) is 1. The zero-order valence-corrected chi connectivity index (χ0v) is 15.0. The van der Waals surface area contributed by atoms with E-state index in [-0.39, 0.29) is 11.9 Å². The molecule has 130 valence electrons. The van der Waals surface area contributed by atoms with E-state index < -0.39 is 0 Å². The highest BCUT2D eigenvalue weighted by molar-refractivity contribution is 6.31. The summed E-state index contributed by atoms with van der Waals surface area (Å²) in [6.07, 6.45) is 8.86. The van der Waals surface area contributed by atoms with E-state index in [0.29, 0.717) is 17.4 Å². The Bertz CT molecular complexity index is 713. The second-order valence-electron chi connectivity index (χ2n) is 6.53. The lowest BCUT2D eigenvalue weighted by molar-refractivity contribution is 0.0927. The third kappa shape index (κ3) is 3.80. The number of rotatable bonds is 4. The van der Waals surface area contributed by atoms with Gasteiger partial charge in [0.1, 0.15) is 12.4 Å². The Labute approximate surface area is 147 Å². The highest BCUT2D eigenvalue weighted by atomic mass is 35.5. The summed E-state index contributed by atoms with van der Waals surface area (Å²) in [6, 6.07) is 2.03. The lowest BCUT2D eigenvalue weighted by Gasteiger charge is -2.15. The Balaban J connectivity index is 1.64. The largest absolute Gasteiger partial charge is 0.348 e. The molecule has 0 aliphatic heterocycles. The SMILES string of the molecule is Cc1nn(Cn2ccc(C(=O)NC3CCCCCC3)n2)c(C)c1Cl. The molecule has 1 aliphatic carbocycles. The number of hydrogen-bond acceptors (Lipinski definition) is 3. The Kier molecular flexibility index (Phi) is 5.23. The maximum absolute atomic E-state index is 12.4. The summed E-state index contributed by atoms with van der Waals surface area (Å²) in [5.41, 5.74) is 2.15. The topological polar surface area (TPSA) is 64.7 Å². The van der Waals surface area contributed by atoms with Crippen LogP contribution in [0.15, 0.2) is 12.3 Å². The molecule has 0 bridgehead atoms. The minimum atomic E-state index is -0.0907. The molecule has 2 aromatic rings. The molecule has 3 rings (SSSR count). The van der Waals surface area contributed by atoms with Gasteiger partial charge in [-0.3, -0.25) is 9.48 Å². The zero-order chi connectivity index (χ0) is 17.1. The molecule has 1 aliphatic rings. The predicted molar refractivity (Wildman–Crippen MR) is 93.3 cm³/mol. The van der Waals surface area contributed by atoms with Crippen molar-refractivity contribution in [3.63, 3.8) is 0 Å². The van der Waals surface area contributed by atoms with Crippen LogP contribution in [-0.4, -0.2) is 31.5 Å². The van der Waals surface area contributed by atoms with Crippen molar-refractivity contribution in [2.45, 2.75) is 65.1 Å². The van der Waals surface area contributed by atoms with E-state index in [0.717, 1.165) is 24.2 Å². The molecule has 1 fully saturated rings. The van der Waals surface area contributed by atoms with Gasteiger partial charge in [0.15, 0.2) is 0 Å². The van der Waals surface area contributed by atoms with Crippen molar-refractivity contribution in [1.82, 2.24) is 24.9 Å². The maximum atomic E-state index is 12.4. The molecule has 1 amide bonds. The standard InChI is InChI=1S/C17H24ClN5O/c1-12-16(18)13(2)23(20-12)11-22-10-9-15(21-22)17(24)19-14-7-5-3-4-6-8-14/h9-10,14H,3-8,11H2,1-2H3,(H,19,24). The zero-order valence-electron chi connectivity index (χ0n) is 14.3. The van der Waals surface area contributed by atoms with Crippen LogP contribution in [-0.2, 0) is 6.67 Å². The Morgan fingerprint density at radius 2 is 1.96 bits per heavy atom. The second-order valence-corrected chi connectivity index (χ2v) is 6.91. The van der Waals surface area contributed by atoms with Crippen molar-refractivity contribution in [3.8, 4) is 0 Å². The second kappa shape index (κ2) is 7.38. The summed E-state index contributed by atoms with van der Waals surface area (Å²) in [6.45, 7) is 4.24. The van der Waals surface area contributed by atoms with Crippen LogP contribution in [0.4, 0.5) is 0 Å². The van der Waals surface area contributed by atoms with E-state index in [9.17, 15) is 4.79 Å².